The van der Waals surface area contributed by atoms with Gasteiger partial charge in [-0.2, -0.15) is 30.7 Å². The van der Waals surface area contributed by atoms with Crippen molar-refractivity contribution in [3.05, 3.63) is 11.7 Å². The van der Waals surface area contributed by atoms with Crippen molar-refractivity contribution in [1.29, 1.82) is 0 Å². The number of hydrogen-bond donors (Lipinski definition) is 0. The van der Waals surface area contributed by atoms with Crippen molar-refractivity contribution in [2.45, 2.75) is 48.9 Å². The van der Waals surface area contributed by atoms with Crippen LogP contribution in [0.15, 0.2) is 11.7 Å². The molecule has 0 saturated heterocycles. The van der Waals surface area contributed by atoms with Crippen molar-refractivity contribution in [3.8, 4) is 0 Å². The first-order valence-corrected chi connectivity index (χ1v) is 5.77. The molecule has 12 heteroatoms. The Morgan fingerprint density at radius 2 is 1.00 bits per heavy atom. The Morgan fingerprint density at radius 1 is 0.652 bits per heavy atom. The van der Waals surface area contributed by atoms with Gasteiger partial charge >= 0.3 is 18.0 Å². The second-order valence-electron chi connectivity index (χ2n) is 5.87. The smallest absolute Gasteiger partial charge is 0.232 e. The van der Waals surface area contributed by atoms with E-state index in [-0.39, 0.29) is 0 Å². The summed E-state index contributed by atoms with van der Waals surface area (Å²) in [4.78, 5) is 0. The molecule has 0 amide bonds. The van der Waals surface area contributed by atoms with Crippen LogP contribution in [-0.2, 0) is 0 Å². The van der Waals surface area contributed by atoms with Crippen molar-refractivity contribution in [2.24, 2.45) is 5.41 Å². The first-order chi connectivity index (χ1) is 9.82. The summed E-state index contributed by atoms with van der Waals surface area (Å²) in [5.41, 5.74) is -23.3. The highest BCUT2D eigenvalue weighted by Gasteiger charge is 3.07. The van der Waals surface area contributed by atoms with E-state index in [9.17, 15) is 52.7 Å². The summed E-state index contributed by atoms with van der Waals surface area (Å²) in [5.74, 6) is -20.3. The molecule has 2 bridgehead atoms. The molecule has 1 fully saturated rings. The second kappa shape index (κ2) is 3.76. The van der Waals surface area contributed by atoms with Crippen LogP contribution in [-0.4, -0.2) is 35.0 Å². The van der Waals surface area contributed by atoms with Gasteiger partial charge in [0.1, 0.15) is 5.41 Å². The van der Waals surface area contributed by atoms with E-state index >= 15 is 0 Å². The van der Waals surface area contributed by atoms with Crippen LogP contribution in [0.1, 0.15) is 13.8 Å². The Labute approximate surface area is 120 Å². The molecule has 3 atom stereocenters. The molecule has 0 heterocycles. The van der Waals surface area contributed by atoms with Gasteiger partial charge in [-0.3, -0.25) is 0 Å². The van der Waals surface area contributed by atoms with Crippen molar-refractivity contribution < 1.29 is 52.7 Å². The SMILES string of the molecule is CC(C)(C(F)(F)F)C1(F)C(F)(F)C2(F)C(F)=C(F)C1(F)C2(F)F. The summed E-state index contributed by atoms with van der Waals surface area (Å²) in [6, 6.07) is 0. The standard InChI is InChI=1S/C11H6F12/c1-5(2,11(21,22)23)8(16)6(14)3(12)4(13)7(15,9(6,17)18)10(8,19)20/h1-2H3. The van der Waals surface area contributed by atoms with Crippen molar-refractivity contribution >= 4 is 0 Å². The quantitative estimate of drug-likeness (QED) is 0.564. The van der Waals surface area contributed by atoms with Crippen LogP contribution in [0.2, 0.25) is 0 Å². The van der Waals surface area contributed by atoms with Crippen molar-refractivity contribution in [1.82, 2.24) is 0 Å². The van der Waals surface area contributed by atoms with E-state index in [4.69, 9.17) is 0 Å². The number of fused-ring (bicyclic) bond motifs is 2. The predicted molar refractivity (Wildman–Crippen MR) is 50.5 cm³/mol. The Balaban J connectivity index is 3.00. The third kappa shape index (κ3) is 1.23. The van der Waals surface area contributed by atoms with Gasteiger partial charge in [-0.25, -0.2) is 22.0 Å². The number of hydrogen-bond acceptors (Lipinski definition) is 0. The van der Waals surface area contributed by atoms with Crippen LogP contribution in [0.4, 0.5) is 52.7 Å². The molecule has 23 heavy (non-hydrogen) atoms. The Kier molecular flexibility index (Phi) is 2.98. The van der Waals surface area contributed by atoms with Gasteiger partial charge in [0.25, 0.3) is 11.3 Å². The number of alkyl halides is 10. The van der Waals surface area contributed by atoms with Gasteiger partial charge in [0.05, 0.1) is 0 Å². The van der Waals surface area contributed by atoms with Gasteiger partial charge < -0.3 is 0 Å². The maximum absolute atomic E-state index is 14.6. The summed E-state index contributed by atoms with van der Waals surface area (Å²) in [7, 11) is 0. The van der Waals surface area contributed by atoms with Gasteiger partial charge in [0.2, 0.25) is 5.67 Å². The molecule has 2 rings (SSSR count). The molecule has 0 aromatic rings. The first kappa shape index (κ1) is 18.2. The third-order valence-electron chi connectivity index (χ3n) is 4.57. The van der Waals surface area contributed by atoms with E-state index in [0.29, 0.717) is 0 Å². The van der Waals surface area contributed by atoms with Gasteiger partial charge in [-0.05, 0) is 13.8 Å². The maximum Gasteiger partial charge on any atom is 0.397 e. The highest BCUT2D eigenvalue weighted by molar-refractivity contribution is 5.55. The summed E-state index contributed by atoms with van der Waals surface area (Å²) in [6.45, 7) is -0.957. The molecular formula is C11H6F12. The van der Waals surface area contributed by atoms with Crippen LogP contribution in [0.3, 0.4) is 0 Å². The maximum atomic E-state index is 14.6. The lowest BCUT2D eigenvalue weighted by atomic mass is 9.64. The highest BCUT2D eigenvalue weighted by atomic mass is 19.4. The van der Waals surface area contributed by atoms with E-state index in [0.717, 1.165) is 0 Å². The van der Waals surface area contributed by atoms with Crippen LogP contribution >= 0.6 is 0 Å². The molecule has 0 spiro atoms. The highest BCUT2D eigenvalue weighted by Crippen LogP contribution is 2.81. The van der Waals surface area contributed by atoms with Crippen molar-refractivity contribution in [3.63, 3.8) is 0 Å². The summed E-state index contributed by atoms with van der Waals surface area (Å²) < 4.78 is 163. The predicted octanol–water partition coefficient (Wildman–Crippen LogP) is 5.15. The Morgan fingerprint density at radius 3 is 1.30 bits per heavy atom. The lowest BCUT2D eigenvalue weighted by Crippen LogP contribution is -2.70. The summed E-state index contributed by atoms with van der Waals surface area (Å²) in [5, 5.41) is 0. The molecule has 134 valence electrons. The van der Waals surface area contributed by atoms with Gasteiger partial charge in [0.15, 0.2) is 11.7 Å². The van der Waals surface area contributed by atoms with E-state index in [1.165, 1.54) is 0 Å². The molecule has 2 aliphatic carbocycles. The van der Waals surface area contributed by atoms with E-state index in [1.54, 1.807) is 0 Å². The summed E-state index contributed by atoms with van der Waals surface area (Å²) >= 11 is 0. The van der Waals surface area contributed by atoms with Crippen molar-refractivity contribution in [2.75, 3.05) is 0 Å². The summed E-state index contributed by atoms with van der Waals surface area (Å²) in [6.07, 6.45) is -6.13. The average molecular weight is 366 g/mol. The zero-order chi connectivity index (χ0) is 18.7. The average Bonchev–Trinajstić information content (AvgIpc) is 2.52. The van der Waals surface area contributed by atoms with E-state index in [2.05, 4.69) is 0 Å². The molecule has 1 saturated carbocycles. The van der Waals surface area contributed by atoms with Crippen LogP contribution in [0.5, 0.6) is 0 Å². The number of rotatable bonds is 1. The van der Waals surface area contributed by atoms with E-state index < -0.39 is 65.9 Å². The molecular weight excluding hydrogens is 360 g/mol. The van der Waals surface area contributed by atoms with E-state index in [1.807, 2.05) is 0 Å². The third-order valence-corrected chi connectivity index (χ3v) is 4.57. The number of halogens is 12. The molecule has 3 unspecified atom stereocenters. The molecule has 0 radical (unpaired) electrons. The van der Waals surface area contributed by atoms with Crippen LogP contribution in [0.25, 0.3) is 0 Å². The largest absolute Gasteiger partial charge is 0.397 e. The Hall–Kier alpha value is -1.10. The van der Waals surface area contributed by atoms with Gasteiger partial charge in [-0.1, -0.05) is 0 Å². The monoisotopic (exact) mass is 366 g/mol. The zero-order valence-electron chi connectivity index (χ0n) is 11.0. The Bertz CT molecular complexity index is 601. The zero-order valence-corrected chi connectivity index (χ0v) is 11.0. The minimum absolute atomic E-state index is 0.479. The number of allylic oxidation sites excluding steroid dienone is 2. The van der Waals surface area contributed by atoms with Crippen LogP contribution in [0, 0.1) is 5.41 Å². The molecule has 0 aromatic carbocycles. The molecule has 0 aliphatic heterocycles. The molecule has 2 aliphatic rings. The van der Waals surface area contributed by atoms with Gasteiger partial charge in [-0.15, -0.1) is 0 Å². The van der Waals surface area contributed by atoms with Crippen LogP contribution < -0.4 is 0 Å². The lowest BCUT2D eigenvalue weighted by molar-refractivity contribution is -0.327. The fraction of sp³-hybridized carbons (Fsp3) is 0.818. The normalized spacial score (nSPS) is 42.5. The fourth-order valence-electron chi connectivity index (χ4n) is 2.99. The minimum Gasteiger partial charge on any atom is -0.232 e. The molecule has 0 N–H and O–H groups in total. The topological polar surface area (TPSA) is 0 Å². The van der Waals surface area contributed by atoms with Gasteiger partial charge in [0, 0.05) is 0 Å². The lowest BCUT2D eigenvalue weighted by Gasteiger charge is -2.48. The molecule has 0 nitrogen and oxygen atoms in total. The molecule has 0 aromatic heterocycles. The minimum atomic E-state index is -6.56. The first-order valence-electron chi connectivity index (χ1n) is 5.77. The fourth-order valence-corrected chi connectivity index (χ4v) is 2.99. The second-order valence-corrected chi connectivity index (χ2v) is 5.87.